The van der Waals surface area contributed by atoms with Crippen molar-refractivity contribution in [1.29, 1.82) is 0 Å². The number of carbonyl (C=O) groups is 1. The van der Waals surface area contributed by atoms with E-state index in [1.165, 1.54) is 0 Å². The van der Waals surface area contributed by atoms with Crippen molar-refractivity contribution in [3.8, 4) is 11.1 Å². The molecular formula is C26H26N6O2. The third-order valence-electron chi connectivity index (χ3n) is 6.86. The molecule has 0 bridgehead atoms. The van der Waals surface area contributed by atoms with Gasteiger partial charge >= 0.3 is 0 Å². The van der Waals surface area contributed by atoms with Gasteiger partial charge in [-0.05, 0) is 52.9 Å². The quantitative estimate of drug-likeness (QED) is 0.426. The van der Waals surface area contributed by atoms with Crippen LogP contribution in [0.1, 0.15) is 39.5 Å². The van der Waals surface area contributed by atoms with Crippen molar-refractivity contribution in [3.05, 3.63) is 71.2 Å². The van der Waals surface area contributed by atoms with Crippen molar-refractivity contribution >= 4 is 28.4 Å². The van der Waals surface area contributed by atoms with E-state index in [1.54, 1.807) is 0 Å². The van der Waals surface area contributed by atoms with Crippen LogP contribution in [0.15, 0.2) is 48.8 Å². The van der Waals surface area contributed by atoms with Crippen LogP contribution < -0.4 is 16.4 Å². The molecule has 1 fully saturated rings. The zero-order valence-corrected chi connectivity index (χ0v) is 19.0. The van der Waals surface area contributed by atoms with Crippen molar-refractivity contribution < 1.29 is 9.53 Å². The Balaban J connectivity index is 1.40. The molecule has 1 amide bonds. The molecule has 1 aromatic carbocycles. The number of nitrogens with zero attached hydrogens (tertiary/aromatic N) is 3. The molecular weight excluding hydrogens is 428 g/mol. The van der Waals surface area contributed by atoms with Crippen LogP contribution >= 0.6 is 0 Å². The summed E-state index contributed by atoms with van der Waals surface area (Å²) in [5.41, 5.74) is 13.4. The van der Waals surface area contributed by atoms with Crippen molar-refractivity contribution in [2.24, 2.45) is 12.8 Å². The van der Waals surface area contributed by atoms with Gasteiger partial charge in [-0.3, -0.25) is 4.79 Å². The largest absolute Gasteiger partial charge is 0.381 e. The van der Waals surface area contributed by atoms with Gasteiger partial charge < -0.3 is 25.7 Å². The fourth-order valence-electron chi connectivity index (χ4n) is 5.14. The van der Waals surface area contributed by atoms with Crippen LogP contribution in [0.3, 0.4) is 0 Å². The van der Waals surface area contributed by atoms with Crippen molar-refractivity contribution in [3.63, 3.8) is 0 Å². The van der Waals surface area contributed by atoms with E-state index in [0.29, 0.717) is 37.0 Å². The Kier molecular flexibility index (Phi) is 5.04. The predicted molar refractivity (Wildman–Crippen MR) is 131 cm³/mol. The van der Waals surface area contributed by atoms with Crippen LogP contribution in [0, 0.1) is 0 Å². The topological polar surface area (TPSA) is 107 Å². The van der Waals surface area contributed by atoms with Crippen LogP contribution in [0.25, 0.3) is 22.2 Å². The second kappa shape index (κ2) is 8.23. The number of anilines is 2. The normalized spacial score (nSPS) is 17.2. The Hall–Kier alpha value is -3.75. The highest BCUT2D eigenvalue weighted by atomic mass is 16.5. The Morgan fingerprint density at radius 1 is 1.21 bits per heavy atom. The standard InChI is InChI=1S/C26H26N6O2/c1-32-10-7-19-18(6-9-28-25(19)32)17-2-4-21(24-20(17)13-29-26(24)33)30-23-5-3-16(22(12-27)31-23)15-8-11-34-14-15/h2-7,9-10,15H,8,11-14,27H2,1H3,(H,29,33)(H,30,31)/t15-/m0/s1. The molecule has 0 radical (unpaired) electrons. The van der Waals surface area contributed by atoms with Crippen LogP contribution in [0.5, 0.6) is 0 Å². The number of carbonyl (C=O) groups excluding carboxylic acids is 1. The van der Waals surface area contributed by atoms with E-state index in [9.17, 15) is 4.79 Å². The summed E-state index contributed by atoms with van der Waals surface area (Å²) in [5, 5.41) is 7.42. The molecule has 0 unspecified atom stereocenters. The summed E-state index contributed by atoms with van der Waals surface area (Å²) < 4.78 is 7.54. The smallest absolute Gasteiger partial charge is 0.254 e. The Bertz CT molecular complexity index is 1420. The van der Waals surface area contributed by atoms with Gasteiger partial charge in [-0.25, -0.2) is 9.97 Å². The average molecular weight is 455 g/mol. The highest BCUT2D eigenvalue weighted by Gasteiger charge is 2.27. The number of aryl methyl sites for hydroxylation is 1. The van der Waals surface area contributed by atoms with Gasteiger partial charge in [0.15, 0.2) is 0 Å². The predicted octanol–water partition coefficient (Wildman–Crippen LogP) is 3.58. The highest BCUT2D eigenvalue weighted by molar-refractivity contribution is 6.07. The minimum Gasteiger partial charge on any atom is -0.381 e. The lowest BCUT2D eigenvalue weighted by Gasteiger charge is -2.16. The number of amides is 1. The van der Waals surface area contributed by atoms with E-state index in [-0.39, 0.29) is 5.91 Å². The molecule has 1 saturated heterocycles. The maximum atomic E-state index is 12.9. The summed E-state index contributed by atoms with van der Waals surface area (Å²) in [4.78, 5) is 22.1. The number of hydrogen-bond donors (Lipinski definition) is 3. The van der Waals surface area contributed by atoms with Crippen LogP contribution in [0.2, 0.25) is 0 Å². The van der Waals surface area contributed by atoms with Crippen molar-refractivity contribution in [2.75, 3.05) is 18.5 Å². The molecule has 34 heavy (non-hydrogen) atoms. The van der Waals surface area contributed by atoms with E-state index in [2.05, 4.69) is 33.8 Å². The molecule has 2 aliphatic heterocycles. The van der Waals surface area contributed by atoms with Gasteiger partial charge in [-0.1, -0.05) is 12.1 Å². The van der Waals surface area contributed by atoms with Gasteiger partial charge in [0, 0.05) is 50.4 Å². The minimum atomic E-state index is -0.0866. The fraction of sp³-hybridized carbons (Fsp3) is 0.269. The Morgan fingerprint density at radius 3 is 2.94 bits per heavy atom. The lowest BCUT2D eigenvalue weighted by atomic mass is 9.94. The SMILES string of the molecule is Cn1ccc2c(-c3ccc(Nc4ccc([C@H]5CCOC5)c(CN)n4)c4c3CNC4=O)ccnc21. The van der Waals surface area contributed by atoms with Crippen molar-refractivity contribution in [2.45, 2.75) is 25.4 Å². The lowest BCUT2D eigenvalue weighted by molar-refractivity contribution is 0.0966. The van der Waals surface area contributed by atoms with Gasteiger partial charge in [-0.2, -0.15) is 0 Å². The van der Waals surface area contributed by atoms with E-state index < -0.39 is 0 Å². The number of benzene rings is 1. The van der Waals surface area contributed by atoms with E-state index in [1.807, 2.05) is 42.2 Å². The second-order valence-electron chi connectivity index (χ2n) is 8.84. The average Bonchev–Trinajstić information content (AvgIpc) is 3.61. The molecule has 4 aromatic rings. The van der Waals surface area contributed by atoms with Gasteiger partial charge in [0.1, 0.15) is 11.5 Å². The van der Waals surface area contributed by atoms with Crippen LogP contribution in [0.4, 0.5) is 11.5 Å². The summed E-state index contributed by atoms with van der Waals surface area (Å²) in [7, 11) is 1.98. The maximum absolute atomic E-state index is 12.9. The first kappa shape index (κ1) is 20.8. The highest BCUT2D eigenvalue weighted by Crippen LogP contribution is 2.38. The molecule has 1 atom stereocenters. The molecule has 0 saturated carbocycles. The number of rotatable bonds is 5. The Labute approximate surface area is 197 Å². The number of ether oxygens (including phenoxy) is 1. The number of nitrogens with one attached hydrogen (secondary N) is 2. The minimum absolute atomic E-state index is 0.0866. The lowest BCUT2D eigenvalue weighted by Crippen LogP contribution is -2.14. The molecule has 0 spiro atoms. The zero-order chi connectivity index (χ0) is 23.2. The number of pyridine rings is 2. The van der Waals surface area contributed by atoms with Gasteiger partial charge in [0.05, 0.1) is 23.6 Å². The van der Waals surface area contributed by atoms with Crippen molar-refractivity contribution in [1.82, 2.24) is 19.9 Å². The molecule has 6 rings (SSSR count). The van der Waals surface area contributed by atoms with Crippen LogP contribution in [-0.2, 0) is 24.9 Å². The molecule has 8 nitrogen and oxygen atoms in total. The molecule has 8 heteroatoms. The van der Waals surface area contributed by atoms with Gasteiger partial charge in [0.25, 0.3) is 5.91 Å². The number of nitrogens with two attached hydrogens (primary N) is 1. The molecule has 2 aliphatic rings. The summed E-state index contributed by atoms with van der Waals surface area (Å²) in [6, 6.07) is 12.1. The van der Waals surface area contributed by atoms with E-state index in [0.717, 1.165) is 57.7 Å². The second-order valence-corrected chi connectivity index (χ2v) is 8.84. The molecule has 5 heterocycles. The van der Waals surface area contributed by atoms with Gasteiger partial charge in [0.2, 0.25) is 0 Å². The zero-order valence-electron chi connectivity index (χ0n) is 19.0. The Morgan fingerprint density at radius 2 is 2.12 bits per heavy atom. The monoisotopic (exact) mass is 454 g/mol. The fourth-order valence-corrected chi connectivity index (χ4v) is 5.14. The first-order valence-electron chi connectivity index (χ1n) is 11.5. The maximum Gasteiger partial charge on any atom is 0.254 e. The summed E-state index contributed by atoms with van der Waals surface area (Å²) >= 11 is 0. The molecule has 0 aliphatic carbocycles. The number of hydrogen-bond acceptors (Lipinski definition) is 6. The van der Waals surface area contributed by atoms with Crippen LogP contribution in [-0.4, -0.2) is 33.7 Å². The number of aromatic nitrogens is 3. The first-order valence-corrected chi connectivity index (χ1v) is 11.5. The summed E-state index contributed by atoms with van der Waals surface area (Å²) in [5.74, 6) is 0.924. The molecule has 172 valence electrons. The molecule has 3 aromatic heterocycles. The summed E-state index contributed by atoms with van der Waals surface area (Å²) in [6.45, 7) is 2.32. The van der Waals surface area contributed by atoms with Gasteiger partial charge in [-0.15, -0.1) is 0 Å². The summed E-state index contributed by atoms with van der Waals surface area (Å²) in [6.07, 6.45) is 4.80. The first-order chi connectivity index (χ1) is 16.6. The third-order valence-corrected chi connectivity index (χ3v) is 6.86. The van der Waals surface area contributed by atoms with E-state index in [4.69, 9.17) is 15.5 Å². The third kappa shape index (κ3) is 3.34. The molecule has 4 N–H and O–H groups in total. The number of fused-ring (bicyclic) bond motifs is 2. The van der Waals surface area contributed by atoms with E-state index >= 15 is 0 Å².